The summed E-state index contributed by atoms with van der Waals surface area (Å²) in [7, 11) is 1.49. The fraction of sp³-hybridized carbons (Fsp3) is 0.167. The molecule has 0 aromatic heterocycles. The van der Waals surface area contributed by atoms with Gasteiger partial charge in [0.05, 0.1) is 6.42 Å². The van der Waals surface area contributed by atoms with E-state index < -0.39 is 24.3 Å². The van der Waals surface area contributed by atoms with Crippen molar-refractivity contribution in [3.8, 4) is 0 Å². The molecule has 0 atom stereocenters. The molecular weight excluding hydrogens is 363 g/mol. The molecule has 0 aliphatic heterocycles. The normalized spacial score (nSPS) is 10.1. The van der Waals surface area contributed by atoms with Crippen LogP contribution < -0.4 is 10.6 Å². The largest absolute Gasteiger partial charge is 0.455 e. The third kappa shape index (κ3) is 5.29. The minimum Gasteiger partial charge on any atom is -0.455 e. The van der Waals surface area contributed by atoms with Gasteiger partial charge in [0.15, 0.2) is 6.61 Å². The van der Waals surface area contributed by atoms with E-state index in [1.54, 1.807) is 18.2 Å². The van der Waals surface area contributed by atoms with Gasteiger partial charge in [-0.1, -0.05) is 23.7 Å². The number of amides is 2. The van der Waals surface area contributed by atoms with Gasteiger partial charge in [0.25, 0.3) is 11.8 Å². The summed E-state index contributed by atoms with van der Waals surface area (Å²) in [4.78, 5) is 35.2. The van der Waals surface area contributed by atoms with E-state index in [0.717, 1.165) is 0 Å². The number of carbonyl (C=O) groups excluding carboxylic acids is 3. The average molecular weight is 379 g/mol. The molecule has 0 bridgehead atoms. The van der Waals surface area contributed by atoms with Crippen molar-refractivity contribution in [2.24, 2.45) is 0 Å². The van der Waals surface area contributed by atoms with Crippen molar-refractivity contribution in [3.05, 3.63) is 64.4 Å². The van der Waals surface area contributed by atoms with Crippen molar-refractivity contribution in [2.45, 2.75) is 6.42 Å². The van der Waals surface area contributed by atoms with Crippen molar-refractivity contribution < 1.29 is 23.5 Å². The molecule has 6 nitrogen and oxygen atoms in total. The summed E-state index contributed by atoms with van der Waals surface area (Å²) in [6, 6.07) is 10.3. The Morgan fingerprint density at radius 3 is 2.58 bits per heavy atom. The third-order valence-corrected chi connectivity index (χ3v) is 3.74. The second-order valence-corrected chi connectivity index (χ2v) is 5.65. The lowest BCUT2D eigenvalue weighted by Crippen LogP contribution is -2.22. The Morgan fingerprint density at radius 1 is 1.15 bits per heavy atom. The number of halogens is 2. The molecule has 8 heteroatoms. The smallest absolute Gasteiger partial charge is 0.310 e. The number of nitrogens with one attached hydrogen (secondary N) is 2. The zero-order chi connectivity index (χ0) is 19.1. The molecule has 0 radical (unpaired) electrons. The van der Waals surface area contributed by atoms with Gasteiger partial charge in [0.2, 0.25) is 0 Å². The minimum absolute atomic E-state index is 0.0119. The molecule has 0 aliphatic rings. The topological polar surface area (TPSA) is 84.5 Å². The highest BCUT2D eigenvalue weighted by Gasteiger charge is 2.14. The molecule has 136 valence electrons. The Labute approximate surface area is 154 Å². The number of anilines is 1. The molecule has 0 saturated heterocycles. The van der Waals surface area contributed by atoms with E-state index in [9.17, 15) is 18.8 Å². The van der Waals surface area contributed by atoms with Gasteiger partial charge in [-0.05, 0) is 30.3 Å². The highest BCUT2D eigenvalue weighted by atomic mass is 35.5. The first kappa shape index (κ1) is 19.4. The van der Waals surface area contributed by atoms with Gasteiger partial charge in [0.1, 0.15) is 5.82 Å². The lowest BCUT2D eigenvalue weighted by Gasteiger charge is -2.09. The van der Waals surface area contributed by atoms with Gasteiger partial charge in [-0.25, -0.2) is 4.39 Å². The molecule has 2 N–H and O–H groups in total. The molecule has 0 spiro atoms. The van der Waals surface area contributed by atoms with E-state index in [1.165, 1.54) is 31.3 Å². The Bertz CT molecular complexity index is 821. The fourth-order valence-electron chi connectivity index (χ4n) is 2.12. The highest BCUT2D eigenvalue weighted by molar-refractivity contribution is 6.31. The monoisotopic (exact) mass is 378 g/mol. The summed E-state index contributed by atoms with van der Waals surface area (Å²) >= 11 is 5.84. The zero-order valence-electron chi connectivity index (χ0n) is 13.8. The predicted molar refractivity (Wildman–Crippen MR) is 94.5 cm³/mol. The van der Waals surface area contributed by atoms with Crippen molar-refractivity contribution in [3.63, 3.8) is 0 Å². The van der Waals surface area contributed by atoms with Crippen molar-refractivity contribution in [2.75, 3.05) is 19.0 Å². The Kier molecular flexibility index (Phi) is 6.68. The SMILES string of the molecule is CNC(=O)c1cccc(NC(=O)COC(=O)Cc2c(F)cccc2Cl)c1. The van der Waals surface area contributed by atoms with E-state index in [-0.39, 0.29) is 22.9 Å². The molecule has 0 saturated carbocycles. The second kappa shape index (κ2) is 8.96. The van der Waals surface area contributed by atoms with Gasteiger partial charge in [-0.2, -0.15) is 0 Å². The first-order chi connectivity index (χ1) is 12.4. The molecule has 26 heavy (non-hydrogen) atoms. The number of hydrogen-bond acceptors (Lipinski definition) is 4. The maximum Gasteiger partial charge on any atom is 0.310 e. The van der Waals surface area contributed by atoms with Crippen LogP contribution in [0.5, 0.6) is 0 Å². The maximum absolute atomic E-state index is 13.6. The van der Waals surface area contributed by atoms with Crippen LogP contribution in [-0.2, 0) is 20.7 Å². The number of benzene rings is 2. The van der Waals surface area contributed by atoms with Crippen LogP contribution in [0.2, 0.25) is 5.02 Å². The van der Waals surface area contributed by atoms with Crippen molar-refractivity contribution in [1.82, 2.24) is 5.32 Å². The van der Waals surface area contributed by atoms with Crippen molar-refractivity contribution >= 4 is 35.1 Å². The summed E-state index contributed by atoms with van der Waals surface area (Å²) in [5.41, 5.74) is 0.763. The number of hydrogen-bond donors (Lipinski definition) is 2. The predicted octanol–water partition coefficient (Wildman–Crippen LogP) is 2.56. The van der Waals surface area contributed by atoms with E-state index in [2.05, 4.69) is 10.6 Å². The second-order valence-electron chi connectivity index (χ2n) is 5.25. The molecule has 2 rings (SSSR count). The van der Waals surface area contributed by atoms with Crippen LogP contribution in [0.1, 0.15) is 15.9 Å². The van der Waals surface area contributed by atoms with Crippen LogP contribution in [0, 0.1) is 5.82 Å². The number of rotatable bonds is 6. The number of ether oxygens (including phenoxy) is 1. The molecule has 2 aromatic carbocycles. The molecule has 0 fully saturated rings. The van der Waals surface area contributed by atoms with E-state index in [0.29, 0.717) is 11.3 Å². The van der Waals surface area contributed by atoms with Gasteiger partial charge >= 0.3 is 5.97 Å². The summed E-state index contributed by atoms with van der Waals surface area (Å²) in [6.07, 6.45) is -0.384. The number of esters is 1. The molecule has 0 aliphatic carbocycles. The number of carbonyl (C=O) groups is 3. The lowest BCUT2D eigenvalue weighted by molar-refractivity contribution is -0.146. The standard InChI is InChI=1S/C18H16ClFN2O4/c1-21-18(25)11-4-2-5-12(8-11)22-16(23)10-26-17(24)9-13-14(19)6-3-7-15(13)20/h2-8H,9-10H2,1H3,(H,21,25)(H,22,23). The Hall–Kier alpha value is -2.93. The summed E-state index contributed by atoms with van der Waals surface area (Å²) in [5.74, 6) is -2.29. The molecule has 0 unspecified atom stereocenters. The molecule has 0 heterocycles. The van der Waals surface area contributed by atoms with Gasteiger partial charge in [0, 0.05) is 28.9 Å². The van der Waals surface area contributed by atoms with Gasteiger partial charge in [-0.3, -0.25) is 14.4 Å². The Balaban J connectivity index is 1.89. The van der Waals surface area contributed by atoms with Crippen molar-refractivity contribution in [1.29, 1.82) is 0 Å². The van der Waals surface area contributed by atoms with Crippen LogP contribution in [0.25, 0.3) is 0 Å². The summed E-state index contributed by atoms with van der Waals surface area (Å²) in [6.45, 7) is -0.547. The third-order valence-electron chi connectivity index (χ3n) is 3.38. The quantitative estimate of drug-likeness (QED) is 0.757. The highest BCUT2D eigenvalue weighted by Crippen LogP contribution is 2.19. The van der Waals surface area contributed by atoms with E-state index in [4.69, 9.17) is 16.3 Å². The van der Waals surface area contributed by atoms with Crippen LogP contribution in [0.15, 0.2) is 42.5 Å². The van der Waals surface area contributed by atoms with Gasteiger partial charge < -0.3 is 15.4 Å². The molecular formula is C18H16ClFN2O4. The van der Waals surface area contributed by atoms with Crippen LogP contribution in [-0.4, -0.2) is 31.4 Å². The first-order valence-corrected chi connectivity index (χ1v) is 7.99. The lowest BCUT2D eigenvalue weighted by atomic mass is 10.1. The summed E-state index contributed by atoms with van der Waals surface area (Å²) < 4.78 is 18.5. The molecule has 2 aromatic rings. The van der Waals surface area contributed by atoms with Crippen LogP contribution >= 0.6 is 11.6 Å². The minimum atomic E-state index is -0.786. The van der Waals surface area contributed by atoms with Gasteiger partial charge in [-0.15, -0.1) is 0 Å². The molecule has 2 amide bonds. The summed E-state index contributed by atoms with van der Waals surface area (Å²) in [5, 5.41) is 5.09. The van der Waals surface area contributed by atoms with E-state index in [1.807, 2.05) is 0 Å². The maximum atomic E-state index is 13.6. The Morgan fingerprint density at radius 2 is 1.88 bits per heavy atom. The van der Waals surface area contributed by atoms with Crippen LogP contribution in [0.4, 0.5) is 10.1 Å². The van der Waals surface area contributed by atoms with E-state index >= 15 is 0 Å². The zero-order valence-corrected chi connectivity index (χ0v) is 14.6. The fourth-order valence-corrected chi connectivity index (χ4v) is 2.35. The van der Waals surface area contributed by atoms with Crippen LogP contribution in [0.3, 0.4) is 0 Å². The first-order valence-electron chi connectivity index (χ1n) is 7.61. The average Bonchev–Trinajstić information content (AvgIpc) is 2.62.